The lowest BCUT2D eigenvalue weighted by Crippen LogP contribution is -2.36. The zero-order valence-corrected chi connectivity index (χ0v) is 11.2. The number of pyridine rings is 1. The summed E-state index contributed by atoms with van der Waals surface area (Å²) in [5.41, 5.74) is 0. The van der Waals surface area contributed by atoms with Crippen molar-refractivity contribution in [1.82, 2.24) is 15.0 Å². The molecule has 5 nitrogen and oxygen atoms in total. The predicted molar refractivity (Wildman–Crippen MR) is 73.3 cm³/mol. The van der Waals surface area contributed by atoms with E-state index in [0.29, 0.717) is 16.8 Å². The molecule has 1 aliphatic heterocycles. The molecule has 100 valence electrons. The Hall–Kier alpha value is -1.50. The van der Waals surface area contributed by atoms with Crippen LogP contribution in [0.2, 0.25) is 0 Å². The van der Waals surface area contributed by atoms with Crippen molar-refractivity contribution in [3.8, 4) is 0 Å². The van der Waals surface area contributed by atoms with Gasteiger partial charge in [0.1, 0.15) is 0 Å². The van der Waals surface area contributed by atoms with Gasteiger partial charge in [-0.2, -0.15) is 0 Å². The van der Waals surface area contributed by atoms with E-state index in [9.17, 15) is 8.42 Å². The Balaban J connectivity index is 2.02. The molecule has 1 aromatic heterocycles. The van der Waals surface area contributed by atoms with E-state index in [-0.39, 0.29) is 6.04 Å². The third-order valence-corrected chi connectivity index (χ3v) is 4.89. The number of hydrogen-bond donors (Lipinski definition) is 2. The predicted octanol–water partition coefficient (Wildman–Crippen LogP) is 0.875. The highest BCUT2D eigenvalue weighted by atomic mass is 32.2. The molecule has 1 saturated heterocycles. The lowest BCUT2D eigenvalue weighted by Gasteiger charge is -2.13. The van der Waals surface area contributed by atoms with Gasteiger partial charge in [0, 0.05) is 35.8 Å². The Morgan fingerprint density at radius 1 is 1.32 bits per heavy atom. The van der Waals surface area contributed by atoms with Crippen LogP contribution in [0.4, 0.5) is 0 Å². The number of fused-ring (bicyclic) bond motifs is 1. The number of nitrogens with one attached hydrogen (secondary N) is 2. The summed E-state index contributed by atoms with van der Waals surface area (Å²) in [6, 6.07) is 6.94. The molecule has 19 heavy (non-hydrogen) atoms. The summed E-state index contributed by atoms with van der Waals surface area (Å²) in [5, 5.41) is 4.68. The van der Waals surface area contributed by atoms with E-state index in [4.69, 9.17) is 0 Å². The fourth-order valence-electron chi connectivity index (χ4n) is 2.37. The maximum absolute atomic E-state index is 12.4. The van der Waals surface area contributed by atoms with E-state index >= 15 is 0 Å². The zero-order valence-electron chi connectivity index (χ0n) is 10.3. The number of sulfonamides is 1. The third kappa shape index (κ3) is 2.47. The second-order valence-corrected chi connectivity index (χ2v) is 6.35. The molecule has 0 radical (unpaired) electrons. The number of rotatable bonds is 3. The van der Waals surface area contributed by atoms with Gasteiger partial charge >= 0.3 is 0 Å². The van der Waals surface area contributed by atoms with E-state index < -0.39 is 10.0 Å². The van der Waals surface area contributed by atoms with Gasteiger partial charge in [0.25, 0.3) is 0 Å². The highest BCUT2D eigenvalue weighted by Crippen LogP contribution is 2.22. The van der Waals surface area contributed by atoms with Crippen molar-refractivity contribution >= 4 is 20.8 Å². The Labute approximate surface area is 112 Å². The van der Waals surface area contributed by atoms with Crippen molar-refractivity contribution in [2.45, 2.75) is 17.4 Å². The fourth-order valence-corrected chi connectivity index (χ4v) is 3.87. The summed E-state index contributed by atoms with van der Waals surface area (Å²) in [6.07, 6.45) is 4.11. The minimum Gasteiger partial charge on any atom is -0.315 e. The van der Waals surface area contributed by atoms with Gasteiger partial charge in [0.15, 0.2) is 0 Å². The maximum atomic E-state index is 12.4. The van der Waals surface area contributed by atoms with Crippen molar-refractivity contribution in [3.05, 3.63) is 36.7 Å². The molecule has 0 saturated carbocycles. The van der Waals surface area contributed by atoms with Crippen LogP contribution in [0.3, 0.4) is 0 Å². The van der Waals surface area contributed by atoms with Crippen molar-refractivity contribution in [2.75, 3.05) is 13.1 Å². The van der Waals surface area contributed by atoms with Crippen LogP contribution in [0.25, 0.3) is 10.8 Å². The van der Waals surface area contributed by atoms with E-state index in [1.165, 1.54) is 0 Å². The standard InChI is InChI=1S/C13H15N3O2S/c17-19(18,16-11-4-6-15-9-11)13-3-1-2-10-8-14-7-5-12(10)13/h1-3,5,7-8,11,15-16H,4,6,9H2/t11-/m0/s1. The van der Waals surface area contributed by atoms with Crippen molar-refractivity contribution < 1.29 is 8.42 Å². The Morgan fingerprint density at radius 3 is 3.00 bits per heavy atom. The molecule has 1 fully saturated rings. The normalized spacial score (nSPS) is 19.9. The van der Waals surface area contributed by atoms with E-state index in [0.717, 1.165) is 18.4 Å². The molecular formula is C13H15N3O2S. The van der Waals surface area contributed by atoms with Gasteiger partial charge in [-0.1, -0.05) is 12.1 Å². The average Bonchev–Trinajstić information content (AvgIpc) is 2.90. The molecule has 1 aliphatic rings. The van der Waals surface area contributed by atoms with Crippen molar-refractivity contribution in [1.29, 1.82) is 0 Å². The molecule has 2 heterocycles. The van der Waals surface area contributed by atoms with Gasteiger partial charge < -0.3 is 5.32 Å². The summed E-state index contributed by atoms with van der Waals surface area (Å²) in [5.74, 6) is 0. The van der Waals surface area contributed by atoms with Crippen LogP contribution in [-0.4, -0.2) is 32.5 Å². The molecule has 0 unspecified atom stereocenters. The van der Waals surface area contributed by atoms with Crippen LogP contribution in [0.1, 0.15) is 6.42 Å². The molecule has 6 heteroatoms. The van der Waals surface area contributed by atoms with Crippen LogP contribution >= 0.6 is 0 Å². The largest absolute Gasteiger partial charge is 0.315 e. The SMILES string of the molecule is O=S(=O)(N[C@H]1CCNC1)c1cccc2cnccc12. The lowest BCUT2D eigenvalue weighted by molar-refractivity contribution is 0.561. The first kappa shape index (κ1) is 12.5. The zero-order chi connectivity index (χ0) is 13.3. The van der Waals surface area contributed by atoms with Crippen LogP contribution < -0.4 is 10.0 Å². The summed E-state index contributed by atoms with van der Waals surface area (Å²) >= 11 is 0. The first-order valence-corrected chi connectivity index (χ1v) is 7.71. The second-order valence-electron chi connectivity index (χ2n) is 4.66. The molecule has 1 atom stereocenters. The van der Waals surface area contributed by atoms with E-state index in [1.807, 2.05) is 6.07 Å². The van der Waals surface area contributed by atoms with Gasteiger partial charge in [0.2, 0.25) is 10.0 Å². The minimum atomic E-state index is -3.49. The molecule has 0 spiro atoms. The van der Waals surface area contributed by atoms with E-state index in [1.54, 1.807) is 30.6 Å². The molecule has 3 rings (SSSR count). The minimum absolute atomic E-state index is 0.0258. The van der Waals surface area contributed by atoms with Crippen molar-refractivity contribution in [2.24, 2.45) is 0 Å². The molecule has 0 bridgehead atoms. The quantitative estimate of drug-likeness (QED) is 0.873. The number of hydrogen-bond acceptors (Lipinski definition) is 4. The van der Waals surface area contributed by atoms with Crippen LogP contribution in [0, 0.1) is 0 Å². The van der Waals surface area contributed by atoms with Gasteiger partial charge in [-0.3, -0.25) is 4.98 Å². The van der Waals surface area contributed by atoms with Gasteiger partial charge in [-0.15, -0.1) is 0 Å². The monoisotopic (exact) mass is 277 g/mol. The van der Waals surface area contributed by atoms with Crippen LogP contribution in [-0.2, 0) is 10.0 Å². The molecule has 1 aromatic carbocycles. The van der Waals surface area contributed by atoms with Gasteiger partial charge in [0.05, 0.1) is 4.90 Å². The molecule has 2 aromatic rings. The number of benzene rings is 1. The first-order valence-electron chi connectivity index (χ1n) is 6.22. The average molecular weight is 277 g/mol. The van der Waals surface area contributed by atoms with Crippen molar-refractivity contribution in [3.63, 3.8) is 0 Å². The highest BCUT2D eigenvalue weighted by molar-refractivity contribution is 7.89. The number of aromatic nitrogens is 1. The maximum Gasteiger partial charge on any atom is 0.241 e. The molecule has 0 aliphatic carbocycles. The molecular weight excluding hydrogens is 262 g/mol. The highest BCUT2D eigenvalue weighted by Gasteiger charge is 2.23. The van der Waals surface area contributed by atoms with Gasteiger partial charge in [-0.05, 0) is 25.1 Å². The summed E-state index contributed by atoms with van der Waals surface area (Å²) in [6.45, 7) is 1.54. The van der Waals surface area contributed by atoms with Gasteiger partial charge in [-0.25, -0.2) is 13.1 Å². The Morgan fingerprint density at radius 2 is 2.21 bits per heavy atom. The summed E-state index contributed by atoms with van der Waals surface area (Å²) < 4.78 is 27.6. The molecule has 0 amide bonds. The fraction of sp³-hybridized carbons (Fsp3) is 0.308. The summed E-state index contributed by atoms with van der Waals surface area (Å²) in [4.78, 5) is 4.33. The topological polar surface area (TPSA) is 71.1 Å². The Kier molecular flexibility index (Phi) is 3.22. The van der Waals surface area contributed by atoms with E-state index in [2.05, 4.69) is 15.0 Å². The van der Waals surface area contributed by atoms with Crippen LogP contribution in [0.15, 0.2) is 41.6 Å². The second kappa shape index (κ2) is 4.88. The van der Waals surface area contributed by atoms with Crippen LogP contribution in [0.5, 0.6) is 0 Å². The summed E-state index contributed by atoms with van der Waals surface area (Å²) in [7, 11) is -3.49. The molecule has 2 N–H and O–H groups in total. The number of nitrogens with zero attached hydrogens (tertiary/aromatic N) is 1. The Bertz CT molecular complexity index is 689. The smallest absolute Gasteiger partial charge is 0.241 e. The lowest BCUT2D eigenvalue weighted by atomic mass is 10.2. The first-order chi connectivity index (χ1) is 9.17. The third-order valence-electron chi connectivity index (χ3n) is 3.31.